The van der Waals surface area contributed by atoms with E-state index >= 15 is 0 Å². The predicted octanol–water partition coefficient (Wildman–Crippen LogP) is 3.10. The lowest BCUT2D eigenvalue weighted by Crippen LogP contribution is -2.08. The fourth-order valence-electron chi connectivity index (χ4n) is 1.84. The Hall–Kier alpha value is -2.57. The summed E-state index contributed by atoms with van der Waals surface area (Å²) in [5.41, 5.74) is -0.0799. The van der Waals surface area contributed by atoms with Crippen LogP contribution < -0.4 is 4.74 Å². The third kappa shape index (κ3) is 2.96. The molecule has 110 valence electrons. The molecule has 21 heavy (non-hydrogen) atoms. The highest BCUT2D eigenvalue weighted by Crippen LogP contribution is 2.30. The highest BCUT2D eigenvalue weighted by molar-refractivity contribution is 5.88. The first-order valence-electron chi connectivity index (χ1n) is 5.97. The Morgan fingerprint density at radius 3 is 2.67 bits per heavy atom. The number of benzene rings is 1. The van der Waals surface area contributed by atoms with Crippen molar-refractivity contribution < 1.29 is 23.4 Å². The van der Waals surface area contributed by atoms with E-state index in [2.05, 4.69) is 9.97 Å². The second-order valence-electron chi connectivity index (χ2n) is 4.30. The number of aromatic nitrogens is 2. The van der Waals surface area contributed by atoms with Crippen molar-refractivity contribution in [1.82, 2.24) is 9.97 Å². The van der Waals surface area contributed by atoms with Gasteiger partial charge in [0.25, 0.3) is 6.43 Å². The number of alkyl halides is 2. The quantitative estimate of drug-likeness (QED) is 0.938. The van der Waals surface area contributed by atoms with Gasteiger partial charge in [0.1, 0.15) is 17.0 Å². The molecule has 0 saturated carbocycles. The van der Waals surface area contributed by atoms with E-state index in [1.807, 2.05) is 6.92 Å². The standard InChI is InChI=1S/C14H12F2N2O3/c1-7-3-4-8(10(5-7)21-2)13-17-6-9(14(19)20)11(18-13)12(15)16/h3-6,12H,1-2H3,(H,19,20). The highest BCUT2D eigenvalue weighted by Gasteiger charge is 2.22. The fraction of sp³-hybridized carbons (Fsp3) is 0.214. The number of carboxylic acids is 1. The summed E-state index contributed by atoms with van der Waals surface area (Å²) in [4.78, 5) is 18.4. The average Bonchev–Trinajstić information content (AvgIpc) is 2.46. The van der Waals surface area contributed by atoms with E-state index in [1.165, 1.54) is 7.11 Å². The van der Waals surface area contributed by atoms with Crippen LogP contribution in [-0.4, -0.2) is 28.2 Å². The maximum Gasteiger partial charge on any atom is 0.339 e. The molecule has 5 nitrogen and oxygen atoms in total. The zero-order valence-corrected chi connectivity index (χ0v) is 11.3. The molecule has 2 aromatic rings. The first kappa shape index (κ1) is 14.8. The van der Waals surface area contributed by atoms with Crippen LogP contribution in [0.1, 0.15) is 28.0 Å². The van der Waals surface area contributed by atoms with E-state index in [9.17, 15) is 13.6 Å². The number of halogens is 2. The molecule has 0 fully saturated rings. The number of carbonyl (C=O) groups is 1. The summed E-state index contributed by atoms with van der Waals surface area (Å²) in [7, 11) is 1.44. The maximum atomic E-state index is 12.9. The molecule has 7 heteroatoms. The van der Waals surface area contributed by atoms with Crippen LogP contribution in [0.3, 0.4) is 0 Å². The van der Waals surface area contributed by atoms with Crippen LogP contribution in [-0.2, 0) is 0 Å². The number of aromatic carboxylic acids is 1. The minimum atomic E-state index is -3.01. The smallest absolute Gasteiger partial charge is 0.339 e. The van der Waals surface area contributed by atoms with Crippen LogP contribution in [0.15, 0.2) is 24.4 Å². The van der Waals surface area contributed by atoms with E-state index in [1.54, 1.807) is 18.2 Å². The molecule has 0 atom stereocenters. The molecule has 1 aromatic heterocycles. The lowest BCUT2D eigenvalue weighted by molar-refractivity contribution is 0.0681. The average molecular weight is 294 g/mol. The van der Waals surface area contributed by atoms with Gasteiger partial charge in [0.05, 0.1) is 12.7 Å². The monoisotopic (exact) mass is 294 g/mol. The third-order valence-electron chi connectivity index (χ3n) is 2.85. The van der Waals surface area contributed by atoms with Crippen LogP contribution in [0.5, 0.6) is 5.75 Å². The first-order chi connectivity index (χ1) is 9.93. The Morgan fingerprint density at radius 2 is 2.10 bits per heavy atom. The summed E-state index contributed by atoms with van der Waals surface area (Å²) < 4.78 is 31.1. The van der Waals surface area contributed by atoms with E-state index in [0.717, 1.165) is 11.8 Å². The molecule has 0 aliphatic heterocycles. The number of ether oxygens (including phenoxy) is 1. The molecule has 1 aromatic carbocycles. The SMILES string of the molecule is COc1cc(C)ccc1-c1ncc(C(=O)O)c(C(F)F)n1. The summed E-state index contributed by atoms with van der Waals surface area (Å²) in [6, 6.07) is 5.11. The Kier molecular flexibility index (Phi) is 4.11. The van der Waals surface area contributed by atoms with Crippen LogP contribution in [0.25, 0.3) is 11.4 Å². The molecule has 0 amide bonds. The minimum absolute atomic E-state index is 0.00727. The topological polar surface area (TPSA) is 72.3 Å². The van der Waals surface area contributed by atoms with Gasteiger partial charge < -0.3 is 9.84 Å². The summed E-state index contributed by atoms with van der Waals surface area (Å²) in [5, 5.41) is 8.88. The van der Waals surface area contributed by atoms with E-state index in [4.69, 9.17) is 9.84 Å². The van der Waals surface area contributed by atoms with Gasteiger partial charge in [-0.3, -0.25) is 0 Å². The van der Waals surface area contributed by atoms with Crippen molar-refractivity contribution in [2.24, 2.45) is 0 Å². The van der Waals surface area contributed by atoms with E-state index < -0.39 is 23.7 Å². The lowest BCUT2D eigenvalue weighted by atomic mass is 10.1. The van der Waals surface area contributed by atoms with Gasteiger partial charge in [-0.15, -0.1) is 0 Å². The number of hydrogen-bond donors (Lipinski definition) is 1. The molecule has 0 aliphatic rings. The van der Waals surface area contributed by atoms with Crippen molar-refractivity contribution in [2.75, 3.05) is 7.11 Å². The molecule has 0 saturated heterocycles. The van der Waals surface area contributed by atoms with Gasteiger partial charge in [-0.25, -0.2) is 23.5 Å². The summed E-state index contributed by atoms with van der Waals surface area (Å²) in [5.74, 6) is -1.07. The fourth-order valence-corrected chi connectivity index (χ4v) is 1.84. The van der Waals surface area contributed by atoms with Gasteiger partial charge in [0.2, 0.25) is 0 Å². The Balaban J connectivity index is 2.60. The van der Waals surface area contributed by atoms with Gasteiger partial charge in [-0.1, -0.05) is 6.07 Å². The molecule has 2 rings (SSSR count). The molecule has 0 radical (unpaired) electrons. The van der Waals surface area contributed by atoms with Gasteiger partial charge in [-0.05, 0) is 24.6 Å². The van der Waals surface area contributed by atoms with Gasteiger partial charge >= 0.3 is 5.97 Å². The lowest BCUT2D eigenvalue weighted by Gasteiger charge is -2.10. The second kappa shape index (κ2) is 5.82. The molecule has 0 aliphatic carbocycles. The highest BCUT2D eigenvalue weighted by atomic mass is 19.3. The molecule has 1 heterocycles. The number of rotatable bonds is 4. The number of carboxylic acid groups (broad SMARTS) is 1. The van der Waals surface area contributed by atoms with Crippen molar-refractivity contribution in [2.45, 2.75) is 13.3 Å². The van der Waals surface area contributed by atoms with Crippen LogP contribution in [0, 0.1) is 6.92 Å². The van der Waals surface area contributed by atoms with Crippen molar-refractivity contribution in [3.05, 3.63) is 41.2 Å². The van der Waals surface area contributed by atoms with Crippen molar-refractivity contribution in [3.63, 3.8) is 0 Å². The van der Waals surface area contributed by atoms with Gasteiger partial charge in [-0.2, -0.15) is 0 Å². The minimum Gasteiger partial charge on any atom is -0.496 e. The Bertz CT molecular complexity index is 690. The van der Waals surface area contributed by atoms with Gasteiger partial charge in [0.15, 0.2) is 5.82 Å². The number of nitrogens with zero attached hydrogens (tertiary/aromatic N) is 2. The number of hydrogen-bond acceptors (Lipinski definition) is 4. The summed E-state index contributed by atoms with van der Waals surface area (Å²) in [6.45, 7) is 1.85. The molecular formula is C14H12F2N2O3. The maximum absolute atomic E-state index is 12.9. The first-order valence-corrected chi connectivity index (χ1v) is 5.97. The summed E-state index contributed by atoms with van der Waals surface area (Å²) in [6.07, 6.45) is -2.12. The molecule has 0 unspecified atom stereocenters. The number of methoxy groups -OCH3 is 1. The van der Waals surface area contributed by atoms with Crippen LogP contribution >= 0.6 is 0 Å². The predicted molar refractivity (Wildman–Crippen MR) is 70.7 cm³/mol. The van der Waals surface area contributed by atoms with Crippen LogP contribution in [0.4, 0.5) is 8.78 Å². The van der Waals surface area contributed by atoms with Crippen molar-refractivity contribution >= 4 is 5.97 Å². The van der Waals surface area contributed by atoms with Crippen LogP contribution in [0.2, 0.25) is 0 Å². The zero-order chi connectivity index (χ0) is 15.6. The second-order valence-corrected chi connectivity index (χ2v) is 4.30. The molecule has 0 bridgehead atoms. The van der Waals surface area contributed by atoms with E-state index in [-0.39, 0.29) is 5.82 Å². The normalized spacial score (nSPS) is 10.7. The molecule has 0 spiro atoms. The Morgan fingerprint density at radius 1 is 1.38 bits per heavy atom. The Labute approximate surface area is 119 Å². The molecule has 1 N–H and O–H groups in total. The largest absolute Gasteiger partial charge is 0.496 e. The van der Waals surface area contributed by atoms with Gasteiger partial charge in [0, 0.05) is 6.20 Å². The van der Waals surface area contributed by atoms with Crippen molar-refractivity contribution in [1.29, 1.82) is 0 Å². The summed E-state index contributed by atoms with van der Waals surface area (Å²) >= 11 is 0. The van der Waals surface area contributed by atoms with Crippen molar-refractivity contribution in [3.8, 4) is 17.1 Å². The van der Waals surface area contributed by atoms with E-state index in [0.29, 0.717) is 11.3 Å². The zero-order valence-electron chi connectivity index (χ0n) is 11.3. The number of aryl methyl sites for hydroxylation is 1. The molecular weight excluding hydrogens is 282 g/mol. The third-order valence-corrected chi connectivity index (χ3v) is 2.85.